The van der Waals surface area contributed by atoms with Crippen molar-refractivity contribution in [3.05, 3.63) is 46.4 Å². The van der Waals surface area contributed by atoms with Gasteiger partial charge in [0.2, 0.25) is 0 Å². The van der Waals surface area contributed by atoms with Gasteiger partial charge in [0.1, 0.15) is 0 Å². The van der Waals surface area contributed by atoms with Crippen molar-refractivity contribution in [2.45, 2.75) is 0 Å². The molecule has 5 nitrogen and oxygen atoms in total. The first-order chi connectivity index (χ1) is 9.75. The fourth-order valence-corrected chi connectivity index (χ4v) is 3.00. The first-order valence-electron chi connectivity index (χ1n) is 6.50. The number of aromatic amines is 1. The summed E-state index contributed by atoms with van der Waals surface area (Å²) in [7, 11) is 0. The van der Waals surface area contributed by atoms with Crippen LogP contribution in [0.4, 0.5) is 0 Å². The van der Waals surface area contributed by atoms with Gasteiger partial charge in [-0.2, -0.15) is 0 Å². The monoisotopic (exact) mass is 289 g/mol. The summed E-state index contributed by atoms with van der Waals surface area (Å²) in [5.74, 6) is 0.0863. The maximum Gasteiger partial charge on any atom is 0.264 e. The van der Waals surface area contributed by atoms with Crippen LogP contribution in [-0.4, -0.2) is 52.8 Å². The van der Waals surface area contributed by atoms with Crippen LogP contribution in [0.3, 0.4) is 0 Å². The summed E-state index contributed by atoms with van der Waals surface area (Å²) in [6.45, 7) is 2.35. The molecule has 0 aliphatic carbocycles. The largest absolute Gasteiger partial charge is 0.367 e. The van der Waals surface area contributed by atoms with Crippen molar-refractivity contribution in [2.24, 2.45) is 0 Å². The fraction of sp³-hybridized carbons (Fsp3) is 0.286. The van der Waals surface area contributed by atoms with Crippen LogP contribution in [0, 0.1) is 0 Å². The molecule has 0 unspecified atom stereocenters. The highest BCUT2D eigenvalue weighted by atomic mass is 32.1. The molecule has 1 N–H and O–H groups in total. The summed E-state index contributed by atoms with van der Waals surface area (Å²) in [5.41, 5.74) is 0.669. The summed E-state index contributed by atoms with van der Waals surface area (Å²) in [6, 6.07) is 5.49. The van der Waals surface area contributed by atoms with Gasteiger partial charge in [-0.05, 0) is 17.5 Å². The Kier molecular flexibility index (Phi) is 3.56. The highest BCUT2D eigenvalue weighted by Crippen LogP contribution is 2.14. The Bertz CT molecular complexity index is 530. The van der Waals surface area contributed by atoms with Crippen molar-refractivity contribution in [2.75, 3.05) is 26.2 Å². The predicted molar refractivity (Wildman–Crippen MR) is 76.9 cm³/mol. The van der Waals surface area contributed by atoms with E-state index in [2.05, 4.69) is 4.98 Å². The molecule has 6 heteroatoms. The zero-order chi connectivity index (χ0) is 13.9. The first kappa shape index (κ1) is 12.9. The Balaban J connectivity index is 1.60. The van der Waals surface area contributed by atoms with Crippen LogP contribution in [0.2, 0.25) is 0 Å². The van der Waals surface area contributed by atoms with E-state index in [1.165, 1.54) is 11.3 Å². The molecule has 0 aromatic carbocycles. The number of hydrogen-bond donors (Lipinski definition) is 1. The van der Waals surface area contributed by atoms with Gasteiger partial charge in [0, 0.05) is 38.6 Å². The highest BCUT2D eigenvalue weighted by Gasteiger charge is 2.25. The van der Waals surface area contributed by atoms with Gasteiger partial charge in [0.15, 0.2) is 0 Å². The molecule has 104 valence electrons. The Hall–Kier alpha value is -2.08. The molecule has 2 aromatic rings. The number of H-pyrrole nitrogens is 1. The quantitative estimate of drug-likeness (QED) is 0.914. The standard InChI is InChI=1S/C14H15N3O2S/c18-13(11-3-4-15-10-11)16-5-7-17(8-6-16)14(19)12-2-1-9-20-12/h1-4,9-10,15H,5-8H2. The molecule has 0 radical (unpaired) electrons. The van der Waals surface area contributed by atoms with E-state index in [0.717, 1.165) is 4.88 Å². The van der Waals surface area contributed by atoms with Crippen LogP contribution in [0.15, 0.2) is 36.0 Å². The van der Waals surface area contributed by atoms with E-state index >= 15 is 0 Å². The third-order valence-electron chi connectivity index (χ3n) is 3.43. The normalized spacial score (nSPS) is 15.4. The Morgan fingerprint density at radius 1 is 1.05 bits per heavy atom. The van der Waals surface area contributed by atoms with Gasteiger partial charge in [-0.15, -0.1) is 11.3 Å². The molecule has 20 heavy (non-hydrogen) atoms. The molecule has 0 spiro atoms. The molecule has 3 heterocycles. The van der Waals surface area contributed by atoms with Crippen LogP contribution in [0.25, 0.3) is 0 Å². The van der Waals surface area contributed by atoms with Crippen LogP contribution in [0.1, 0.15) is 20.0 Å². The Morgan fingerprint density at radius 3 is 2.30 bits per heavy atom. The smallest absolute Gasteiger partial charge is 0.264 e. The maximum absolute atomic E-state index is 12.2. The van der Waals surface area contributed by atoms with Gasteiger partial charge in [-0.1, -0.05) is 6.07 Å². The van der Waals surface area contributed by atoms with Crippen molar-refractivity contribution in [1.82, 2.24) is 14.8 Å². The van der Waals surface area contributed by atoms with Crippen LogP contribution in [-0.2, 0) is 0 Å². The molecule has 1 saturated heterocycles. The predicted octanol–water partition coefficient (Wildman–Crippen LogP) is 1.67. The second kappa shape index (κ2) is 5.50. The molecule has 1 aliphatic rings. The minimum absolute atomic E-state index is 0.0227. The van der Waals surface area contributed by atoms with Crippen molar-refractivity contribution in [3.63, 3.8) is 0 Å². The number of carbonyl (C=O) groups excluding carboxylic acids is 2. The maximum atomic E-state index is 12.2. The minimum atomic E-state index is 0.0227. The number of nitrogens with zero attached hydrogens (tertiary/aromatic N) is 2. The average Bonchev–Trinajstić information content (AvgIpc) is 3.18. The summed E-state index contributed by atoms with van der Waals surface area (Å²) in [5, 5.41) is 1.90. The highest BCUT2D eigenvalue weighted by molar-refractivity contribution is 7.12. The van der Waals surface area contributed by atoms with E-state index < -0.39 is 0 Å². The molecule has 2 amide bonds. The summed E-state index contributed by atoms with van der Waals surface area (Å²) in [6.07, 6.45) is 3.44. The molecule has 3 rings (SSSR count). The minimum Gasteiger partial charge on any atom is -0.367 e. The summed E-state index contributed by atoms with van der Waals surface area (Å²) < 4.78 is 0. The third-order valence-corrected chi connectivity index (χ3v) is 4.29. The zero-order valence-corrected chi connectivity index (χ0v) is 11.7. The molecular formula is C14H15N3O2S. The van der Waals surface area contributed by atoms with Crippen molar-refractivity contribution < 1.29 is 9.59 Å². The lowest BCUT2D eigenvalue weighted by atomic mass is 10.2. The Labute approximate surface area is 120 Å². The van der Waals surface area contributed by atoms with Crippen molar-refractivity contribution in [1.29, 1.82) is 0 Å². The molecule has 0 saturated carbocycles. The topological polar surface area (TPSA) is 56.4 Å². The van der Waals surface area contributed by atoms with Gasteiger partial charge in [-0.3, -0.25) is 9.59 Å². The number of amides is 2. The number of piperazine rings is 1. The second-order valence-corrected chi connectivity index (χ2v) is 5.61. The lowest BCUT2D eigenvalue weighted by Gasteiger charge is -2.34. The zero-order valence-electron chi connectivity index (χ0n) is 10.9. The van der Waals surface area contributed by atoms with Gasteiger partial charge in [0.05, 0.1) is 10.4 Å². The van der Waals surface area contributed by atoms with Crippen LogP contribution < -0.4 is 0 Å². The van der Waals surface area contributed by atoms with Crippen LogP contribution >= 0.6 is 11.3 Å². The first-order valence-corrected chi connectivity index (χ1v) is 7.38. The number of carbonyl (C=O) groups is 2. The van der Waals surface area contributed by atoms with Gasteiger partial charge in [0.25, 0.3) is 11.8 Å². The lowest BCUT2D eigenvalue weighted by molar-refractivity contribution is 0.0538. The molecule has 0 atom stereocenters. The average molecular weight is 289 g/mol. The lowest BCUT2D eigenvalue weighted by Crippen LogP contribution is -2.50. The SMILES string of the molecule is O=C(c1cc[nH]c1)N1CCN(C(=O)c2cccs2)CC1. The number of nitrogens with one attached hydrogen (secondary N) is 1. The van der Waals surface area contributed by atoms with Gasteiger partial charge >= 0.3 is 0 Å². The molecule has 1 fully saturated rings. The number of aromatic nitrogens is 1. The molecule has 2 aromatic heterocycles. The summed E-state index contributed by atoms with van der Waals surface area (Å²) in [4.78, 5) is 31.6. The number of rotatable bonds is 2. The van der Waals surface area contributed by atoms with Gasteiger partial charge < -0.3 is 14.8 Å². The van der Waals surface area contributed by atoms with Gasteiger partial charge in [-0.25, -0.2) is 0 Å². The fourth-order valence-electron chi connectivity index (χ4n) is 2.31. The molecular weight excluding hydrogens is 274 g/mol. The summed E-state index contributed by atoms with van der Waals surface area (Å²) >= 11 is 1.45. The number of thiophene rings is 1. The number of hydrogen-bond acceptors (Lipinski definition) is 3. The van der Waals surface area contributed by atoms with Crippen molar-refractivity contribution in [3.8, 4) is 0 Å². The van der Waals surface area contributed by atoms with E-state index in [4.69, 9.17) is 0 Å². The van der Waals surface area contributed by atoms with E-state index in [9.17, 15) is 9.59 Å². The Morgan fingerprint density at radius 2 is 1.75 bits per heavy atom. The van der Waals surface area contributed by atoms with Crippen LogP contribution in [0.5, 0.6) is 0 Å². The second-order valence-electron chi connectivity index (χ2n) is 4.66. The van der Waals surface area contributed by atoms with E-state index in [1.54, 1.807) is 23.4 Å². The van der Waals surface area contributed by atoms with E-state index in [-0.39, 0.29) is 11.8 Å². The van der Waals surface area contributed by atoms with E-state index in [1.807, 2.05) is 22.4 Å². The third kappa shape index (κ3) is 2.46. The molecule has 1 aliphatic heterocycles. The van der Waals surface area contributed by atoms with E-state index in [0.29, 0.717) is 31.7 Å². The van der Waals surface area contributed by atoms with Crippen molar-refractivity contribution >= 4 is 23.2 Å². The molecule has 0 bridgehead atoms.